The predicted molar refractivity (Wildman–Crippen MR) is 166 cm³/mol. The standard InChI is InChI=1S/C35H40ClNO5/c1-2-3-4-5-6-7-8-9-10-11-12-13-24-40-33-23-18-29(25-32(33)36)35(39)42-31-21-16-28(17-22-31)34(38)41-30-19-14-27(26-37)15-20-30/h14-23,25H,2-13,24H2,1H3. The quantitative estimate of drug-likeness (QED) is 0.0833. The largest absolute Gasteiger partial charge is 0.492 e. The molecule has 0 saturated carbocycles. The van der Waals surface area contributed by atoms with Crippen LogP contribution in [-0.2, 0) is 0 Å². The van der Waals surface area contributed by atoms with Crippen molar-refractivity contribution in [3.05, 3.63) is 88.4 Å². The van der Waals surface area contributed by atoms with Crippen molar-refractivity contribution in [2.75, 3.05) is 6.61 Å². The molecule has 0 unspecified atom stereocenters. The molecule has 0 spiro atoms. The van der Waals surface area contributed by atoms with Crippen LogP contribution in [0.4, 0.5) is 0 Å². The number of nitrogens with zero attached hydrogens (tertiary/aromatic N) is 1. The van der Waals surface area contributed by atoms with Gasteiger partial charge in [0.15, 0.2) is 0 Å². The van der Waals surface area contributed by atoms with Gasteiger partial charge in [0.25, 0.3) is 0 Å². The molecule has 7 heteroatoms. The maximum absolute atomic E-state index is 12.6. The summed E-state index contributed by atoms with van der Waals surface area (Å²) in [7, 11) is 0. The summed E-state index contributed by atoms with van der Waals surface area (Å²) in [5, 5.41) is 9.22. The van der Waals surface area contributed by atoms with E-state index in [1.54, 1.807) is 36.4 Å². The normalized spacial score (nSPS) is 10.6. The van der Waals surface area contributed by atoms with E-state index in [0.717, 1.165) is 12.8 Å². The van der Waals surface area contributed by atoms with E-state index in [4.69, 9.17) is 31.1 Å². The van der Waals surface area contributed by atoms with Gasteiger partial charge in [0.1, 0.15) is 17.2 Å². The molecule has 0 radical (unpaired) electrons. The van der Waals surface area contributed by atoms with E-state index in [0.29, 0.717) is 34.3 Å². The van der Waals surface area contributed by atoms with Gasteiger partial charge in [-0.15, -0.1) is 0 Å². The molecule has 3 rings (SSSR count). The van der Waals surface area contributed by atoms with Crippen LogP contribution in [0.25, 0.3) is 0 Å². The number of nitriles is 1. The summed E-state index contributed by atoms with van der Waals surface area (Å²) in [6.45, 7) is 2.84. The summed E-state index contributed by atoms with van der Waals surface area (Å²) in [4.78, 5) is 25.0. The molecular formula is C35H40ClNO5. The van der Waals surface area contributed by atoms with E-state index in [-0.39, 0.29) is 11.3 Å². The van der Waals surface area contributed by atoms with Crippen LogP contribution in [0.3, 0.4) is 0 Å². The van der Waals surface area contributed by atoms with Crippen LogP contribution >= 0.6 is 11.6 Å². The first kappa shape index (κ1) is 32.7. The monoisotopic (exact) mass is 589 g/mol. The van der Waals surface area contributed by atoms with E-state index in [2.05, 4.69) is 6.92 Å². The smallest absolute Gasteiger partial charge is 0.343 e. The fourth-order valence-electron chi connectivity index (χ4n) is 4.46. The molecule has 42 heavy (non-hydrogen) atoms. The lowest BCUT2D eigenvalue weighted by Crippen LogP contribution is -2.10. The van der Waals surface area contributed by atoms with Crippen LogP contribution in [0.1, 0.15) is 110 Å². The SMILES string of the molecule is CCCCCCCCCCCCCCOc1ccc(C(=O)Oc2ccc(C(=O)Oc3ccc(C#N)cc3)cc2)cc1Cl. The molecule has 0 aliphatic heterocycles. The average Bonchev–Trinajstić information content (AvgIpc) is 3.00. The average molecular weight is 590 g/mol. The lowest BCUT2D eigenvalue weighted by molar-refractivity contribution is 0.0730. The van der Waals surface area contributed by atoms with Gasteiger partial charge < -0.3 is 14.2 Å². The molecule has 0 heterocycles. The van der Waals surface area contributed by atoms with E-state index < -0.39 is 11.9 Å². The zero-order chi connectivity index (χ0) is 30.0. The van der Waals surface area contributed by atoms with E-state index in [1.807, 2.05) is 6.07 Å². The van der Waals surface area contributed by atoms with Crippen molar-refractivity contribution >= 4 is 23.5 Å². The van der Waals surface area contributed by atoms with Crippen LogP contribution in [0, 0.1) is 11.3 Å². The molecule has 0 amide bonds. The Hall–Kier alpha value is -3.82. The van der Waals surface area contributed by atoms with Crippen LogP contribution in [0.15, 0.2) is 66.7 Å². The van der Waals surface area contributed by atoms with E-state index in [9.17, 15) is 9.59 Å². The summed E-state index contributed by atoms with van der Waals surface area (Å²) >= 11 is 6.37. The predicted octanol–water partition coefficient (Wildman–Crippen LogP) is 9.73. The Balaban J connectivity index is 1.34. The molecule has 0 N–H and O–H groups in total. The maximum atomic E-state index is 12.6. The number of carbonyl (C=O) groups excluding carboxylic acids is 2. The Kier molecular flexibility index (Phi) is 14.5. The van der Waals surface area contributed by atoms with Gasteiger partial charge >= 0.3 is 11.9 Å². The van der Waals surface area contributed by atoms with Crippen molar-refractivity contribution in [2.45, 2.75) is 84.0 Å². The molecular weight excluding hydrogens is 550 g/mol. The molecule has 0 saturated heterocycles. The number of esters is 2. The fourth-order valence-corrected chi connectivity index (χ4v) is 4.69. The highest BCUT2D eigenvalue weighted by Crippen LogP contribution is 2.27. The Morgan fingerprint density at radius 1 is 0.667 bits per heavy atom. The second-order valence-electron chi connectivity index (χ2n) is 10.3. The minimum Gasteiger partial charge on any atom is -0.492 e. The first-order chi connectivity index (χ1) is 20.5. The summed E-state index contributed by atoms with van der Waals surface area (Å²) in [6, 6.07) is 19.1. The summed E-state index contributed by atoms with van der Waals surface area (Å²) in [5.74, 6) is 0.00780. The van der Waals surface area contributed by atoms with Crippen LogP contribution in [0.5, 0.6) is 17.2 Å². The number of halogens is 1. The Morgan fingerprint density at radius 2 is 1.14 bits per heavy atom. The minimum atomic E-state index is -0.572. The summed E-state index contributed by atoms with van der Waals surface area (Å²) in [5.41, 5.74) is 1.05. The van der Waals surface area contributed by atoms with Gasteiger partial charge in [-0.2, -0.15) is 5.26 Å². The zero-order valence-electron chi connectivity index (χ0n) is 24.4. The second-order valence-corrected chi connectivity index (χ2v) is 10.7. The molecule has 3 aromatic carbocycles. The fraction of sp³-hybridized carbons (Fsp3) is 0.400. The number of benzene rings is 3. The topological polar surface area (TPSA) is 85.6 Å². The van der Waals surface area contributed by atoms with Gasteiger partial charge in [0.05, 0.1) is 34.4 Å². The third-order valence-electron chi connectivity index (χ3n) is 6.92. The second kappa shape index (κ2) is 18.6. The van der Waals surface area contributed by atoms with Crippen LogP contribution in [0.2, 0.25) is 5.02 Å². The first-order valence-electron chi connectivity index (χ1n) is 15.0. The van der Waals surface area contributed by atoms with Gasteiger partial charge in [0.2, 0.25) is 0 Å². The van der Waals surface area contributed by atoms with Crippen molar-refractivity contribution in [3.8, 4) is 23.3 Å². The third-order valence-corrected chi connectivity index (χ3v) is 7.21. The number of unbranched alkanes of at least 4 members (excludes halogenated alkanes) is 11. The third kappa shape index (κ3) is 11.6. The molecule has 0 aromatic heterocycles. The van der Waals surface area contributed by atoms with Crippen molar-refractivity contribution in [3.63, 3.8) is 0 Å². The molecule has 0 aliphatic rings. The number of hydrogen-bond donors (Lipinski definition) is 0. The number of carbonyl (C=O) groups is 2. The highest BCUT2D eigenvalue weighted by Gasteiger charge is 2.14. The molecule has 6 nitrogen and oxygen atoms in total. The summed E-state index contributed by atoms with van der Waals surface area (Å²) < 4.78 is 16.6. The van der Waals surface area contributed by atoms with Crippen molar-refractivity contribution < 1.29 is 23.8 Å². The van der Waals surface area contributed by atoms with Gasteiger partial charge in [-0.3, -0.25) is 0 Å². The van der Waals surface area contributed by atoms with Gasteiger partial charge in [-0.1, -0.05) is 89.2 Å². The van der Waals surface area contributed by atoms with Crippen LogP contribution < -0.4 is 14.2 Å². The molecule has 0 bridgehead atoms. The lowest BCUT2D eigenvalue weighted by Gasteiger charge is -2.10. The first-order valence-corrected chi connectivity index (χ1v) is 15.3. The molecule has 0 fully saturated rings. The molecule has 222 valence electrons. The van der Waals surface area contributed by atoms with E-state index >= 15 is 0 Å². The Bertz CT molecular complexity index is 1300. The Labute approximate surface area is 254 Å². The lowest BCUT2D eigenvalue weighted by atomic mass is 10.1. The van der Waals surface area contributed by atoms with Crippen molar-refractivity contribution in [1.82, 2.24) is 0 Å². The molecule has 0 aliphatic carbocycles. The number of ether oxygens (including phenoxy) is 3. The highest BCUT2D eigenvalue weighted by molar-refractivity contribution is 6.32. The van der Waals surface area contributed by atoms with E-state index in [1.165, 1.54) is 94.5 Å². The van der Waals surface area contributed by atoms with Crippen molar-refractivity contribution in [2.24, 2.45) is 0 Å². The van der Waals surface area contributed by atoms with Crippen LogP contribution in [-0.4, -0.2) is 18.5 Å². The summed E-state index contributed by atoms with van der Waals surface area (Å²) in [6.07, 6.45) is 15.4. The minimum absolute atomic E-state index is 0.276. The van der Waals surface area contributed by atoms with Gasteiger partial charge in [-0.25, -0.2) is 9.59 Å². The van der Waals surface area contributed by atoms with Crippen molar-refractivity contribution in [1.29, 1.82) is 5.26 Å². The van der Waals surface area contributed by atoms with Gasteiger partial charge in [-0.05, 0) is 73.2 Å². The molecule has 3 aromatic rings. The highest BCUT2D eigenvalue weighted by atomic mass is 35.5. The van der Waals surface area contributed by atoms with Gasteiger partial charge in [0, 0.05) is 0 Å². The molecule has 0 atom stereocenters. The Morgan fingerprint density at radius 3 is 1.67 bits per heavy atom. The zero-order valence-corrected chi connectivity index (χ0v) is 25.2. The number of rotatable bonds is 18. The maximum Gasteiger partial charge on any atom is 0.343 e. The number of hydrogen-bond acceptors (Lipinski definition) is 6.